The van der Waals surface area contributed by atoms with Gasteiger partial charge in [0, 0.05) is 31.1 Å². The summed E-state index contributed by atoms with van der Waals surface area (Å²) in [7, 11) is 0. The summed E-state index contributed by atoms with van der Waals surface area (Å²) in [5.41, 5.74) is 1.71. The summed E-state index contributed by atoms with van der Waals surface area (Å²) in [6.07, 6.45) is 0.165. The highest BCUT2D eigenvalue weighted by Gasteiger charge is 2.17. The van der Waals surface area contributed by atoms with Crippen LogP contribution in [0.3, 0.4) is 0 Å². The van der Waals surface area contributed by atoms with Crippen LogP contribution in [0.15, 0.2) is 17.3 Å². The number of halogens is 1. The summed E-state index contributed by atoms with van der Waals surface area (Å²) in [6, 6.07) is 3.93. The van der Waals surface area contributed by atoms with E-state index in [4.69, 9.17) is 16.4 Å². The Morgan fingerprint density at radius 2 is 2.33 bits per heavy atom. The minimum atomic E-state index is -0.582. The summed E-state index contributed by atoms with van der Waals surface area (Å²) in [4.78, 5) is 9.48. The zero-order valence-electron chi connectivity index (χ0n) is 12.3. The Bertz CT molecular complexity index is 508. The van der Waals surface area contributed by atoms with Gasteiger partial charge in [-0.05, 0) is 12.1 Å². The number of aromatic nitrogens is 1. The van der Waals surface area contributed by atoms with E-state index in [1.807, 2.05) is 19.9 Å². The quantitative estimate of drug-likeness (QED) is 0.549. The average Bonchev–Trinajstić information content (AvgIpc) is 2.45. The lowest BCUT2D eigenvalue weighted by Crippen LogP contribution is -2.34. The SMILES string of the molecule is CC(C)NC[C@H](O)CO/N=C1\CCNc2nc(Cl)ccc21. The highest BCUT2D eigenvalue weighted by molar-refractivity contribution is 6.29. The molecule has 0 aliphatic carbocycles. The first-order chi connectivity index (χ1) is 10.1. The van der Waals surface area contributed by atoms with Crippen LogP contribution in [0.5, 0.6) is 0 Å². The first kappa shape index (κ1) is 16.0. The number of fused-ring (bicyclic) bond motifs is 1. The molecule has 0 radical (unpaired) electrons. The number of aliphatic hydroxyl groups excluding tert-OH is 1. The van der Waals surface area contributed by atoms with E-state index in [1.165, 1.54) is 0 Å². The molecule has 1 aromatic heterocycles. The number of rotatable bonds is 6. The van der Waals surface area contributed by atoms with Crippen molar-refractivity contribution in [3.8, 4) is 0 Å². The van der Waals surface area contributed by atoms with Gasteiger partial charge in [-0.25, -0.2) is 4.98 Å². The van der Waals surface area contributed by atoms with Crippen molar-refractivity contribution in [2.45, 2.75) is 32.4 Å². The Morgan fingerprint density at radius 3 is 3.10 bits per heavy atom. The fourth-order valence-corrected chi connectivity index (χ4v) is 2.11. The van der Waals surface area contributed by atoms with Gasteiger partial charge in [-0.2, -0.15) is 0 Å². The average molecular weight is 313 g/mol. The lowest BCUT2D eigenvalue weighted by atomic mass is 10.1. The number of anilines is 1. The topological polar surface area (TPSA) is 78.8 Å². The van der Waals surface area contributed by atoms with Crippen LogP contribution < -0.4 is 10.6 Å². The Balaban J connectivity index is 1.91. The summed E-state index contributed by atoms with van der Waals surface area (Å²) in [5.74, 6) is 0.720. The van der Waals surface area contributed by atoms with E-state index >= 15 is 0 Å². The number of aliphatic hydroxyl groups is 1. The van der Waals surface area contributed by atoms with Gasteiger partial charge in [0.1, 0.15) is 23.7 Å². The standard InChI is InChI=1S/C14H21ClN4O2/c1-9(2)17-7-10(20)8-21-19-12-5-6-16-14-11(12)3-4-13(15)18-14/h3-4,9-10,17,20H,5-8H2,1-2H3,(H,16,18)/b19-12+/t10-/m0/s1. The molecule has 0 amide bonds. The third-order valence-corrected chi connectivity index (χ3v) is 3.24. The lowest BCUT2D eigenvalue weighted by molar-refractivity contribution is 0.0393. The number of nitrogens with one attached hydrogen (secondary N) is 2. The minimum Gasteiger partial charge on any atom is -0.393 e. The van der Waals surface area contributed by atoms with Crippen molar-refractivity contribution in [3.63, 3.8) is 0 Å². The fraction of sp³-hybridized carbons (Fsp3) is 0.571. The van der Waals surface area contributed by atoms with Gasteiger partial charge >= 0.3 is 0 Å². The monoisotopic (exact) mass is 312 g/mol. The molecule has 0 saturated carbocycles. The van der Waals surface area contributed by atoms with Crippen molar-refractivity contribution in [2.24, 2.45) is 5.16 Å². The van der Waals surface area contributed by atoms with Crippen molar-refractivity contribution in [2.75, 3.05) is 25.0 Å². The lowest BCUT2D eigenvalue weighted by Gasteiger charge is -2.19. The predicted octanol–water partition coefficient (Wildman–Crippen LogP) is 1.63. The van der Waals surface area contributed by atoms with E-state index in [-0.39, 0.29) is 6.61 Å². The molecule has 3 N–H and O–H groups in total. The van der Waals surface area contributed by atoms with Gasteiger partial charge in [0.25, 0.3) is 0 Å². The number of nitrogens with zero attached hydrogens (tertiary/aromatic N) is 2. The molecular formula is C14H21ClN4O2. The molecular weight excluding hydrogens is 292 g/mol. The van der Waals surface area contributed by atoms with E-state index in [1.54, 1.807) is 6.07 Å². The molecule has 1 aromatic rings. The molecule has 0 aromatic carbocycles. The van der Waals surface area contributed by atoms with Gasteiger partial charge in [-0.3, -0.25) is 0 Å². The number of pyridine rings is 1. The first-order valence-electron chi connectivity index (χ1n) is 7.07. The van der Waals surface area contributed by atoms with Gasteiger partial charge < -0.3 is 20.6 Å². The maximum Gasteiger partial charge on any atom is 0.144 e. The van der Waals surface area contributed by atoms with Crippen LogP contribution in [0.4, 0.5) is 5.82 Å². The summed E-state index contributed by atoms with van der Waals surface area (Å²) < 4.78 is 0. The van der Waals surface area contributed by atoms with Gasteiger partial charge in [0.2, 0.25) is 0 Å². The summed E-state index contributed by atoms with van der Waals surface area (Å²) >= 11 is 5.87. The second kappa shape index (κ2) is 7.59. The van der Waals surface area contributed by atoms with Crippen LogP contribution in [0.1, 0.15) is 25.8 Å². The van der Waals surface area contributed by atoms with E-state index in [2.05, 4.69) is 20.8 Å². The maximum atomic E-state index is 9.76. The fourth-order valence-electron chi connectivity index (χ4n) is 1.96. The number of oxime groups is 1. The molecule has 7 heteroatoms. The molecule has 0 fully saturated rings. The highest BCUT2D eigenvalue weighted by Crippen LogP contribution is 2.22. The smallest absolute Gasteiger partial charge is 0.144 e. The van der Waals surface area contributed by atoms with E-state index in [0.29, 0.717) is 17.7 Å². The van der Waals surface area contributed by atoms with Crippen molar-refractivity contribution in [1.82, 2.24) is 10.3 Å². The van der Waals surface area contributed by atoms with Gasteiger partial charge in [0.15, 0.2) is 0 Å². The maximum absolute atomic E-state index is 9.76. The Morgan fingerprint density at radius 1 is 1.52 bits per heavy atom. The van der Waals surface area contributed by atoms with E-state index in [0.717, 1.165) is 30.1 Å². The largest absolute Gasteiger partial charge is 0.393 e. The van der Waals surface area contributed by atoms with Crippen molar-refractivity contribution >= 4 is 23.1 Å². The van der Waals surface area contributed by atoms with Gasteiger partial charge in [-0.1, -0.05) is 30.6 Å². The molecule has 0 bridgehead atoms. The molecule has 116 valence electrons. The predicted molar refractivity (Wildman–Crippen MR) is 84.0 cm³/mol. The molecule has 1 atom stereocenters. The zero-order valence-corrected chi connectivity index (χ0v) is 13.0. The van der Waals surface area contributed by atoms with Crippen LogP contribution in [0.2, 0.25) is 5.15 Å². The number of hydrogen-bond donors (Lipinski definition) is 3. The Hall–Kier alpha value is -1.37. The molecule has 1 aliphatic rings. The zero-order chi connectivity index (χ0) is 15.2. The normalized spacial score (nSPS) is 17.5. The van der Waals surface area contributed by atoms with Crippen molar-refractivity contribution in [3.05, 3.63) is 22.8 Å². The van der Waals surface area contributed by atoms with E-state index < -0.39 is 6.10 Å². The Kier molecular flexibility index (Phi) is 5.78. The van der Waals surface area contributed by atoms with Crippen LogP contribution in [0.25, 0.3) is 0 Å². The van der Waals surface area contributed by atoms with Gasteiger partial charge in [0.05, 0.1) is 5.71 Å². The molecule has 21 heavy (non-hydrogen) atoms. The van der Waals surface area contributed by atoms with Gasteiger partial charge in [-0.15, -0.1) is 0 Å². The molecule has 6 nitrogen and oxygen atoms in total. The molecule has 1 aliphatic heterocycles. The van der Waals surface area contributed by atoms with Crippen molar-refractivity contribution < 1.29 is 9.94 Å². The third-order valence-electron chi connectivity index (χ3n) is 3.03. The summed E-state index contributed by atoms with van der Waals surface area (Å²) in [5, 5.41) is 20.6. The van der Waals surface area contributed by atoms with Crippen LogP contribution in [-0.4, -0.2) is 47.6 Å². The van der Waals surface area contributed by atoms with E-state index in [9.17, 15) is 5.11 Å². The second-order valence-corrected chi connectivity index (χ2v) is 5.64. The molecule has 0 spiro atoms. The number of hydrogen-bond acceptors (Lipinski definition) is 6. The minimum absolute atomic E-state index is 0.160. The van der Waals surface area contributed by atoms with Crippen molar-refractivity contribution in [1.29, 1.82) is 0 Å². The molecule has 2 rings (SSSR count). The van der Waals surface area contributed by atoms with Crippen LogP contribution >= 0.6 is 11.6 Å². The molecule has 0 saturated heterocycles. The third kappa shape index (κ3) is 4.84. The molecule has 0 unspecified atom stereocenters. The first-order valence-corrected chi connectivity index (χ1v) is 7.45. The van der Waals surface area contributed by atoms with Crippen LogP contribution in [-0.2, 0) is 4.84 Å². The highest BCUT2D eigenvalue weighted by atomic mass is 35.5. The Labute approximate surface area is 129 Å². The second-order valence-electron chi connectivity index (χ2n) is 5.26. The molecule has 2 heterocycles. The summed E-state index contributed by atoms with van der Waals surface area (Å²) in [6.45, 7) is 5.43. The van der Waals surface area contributed by atoms with Crippen LogP contribution in [0, 0.1) is 0 Å².